The highest BCUT2D eigenvalue weighted by atomic mass is 32.2. The van der Waals surface area contributed by atoms with E-state index in [2.05, 4.69) is 23.8 Å². The first kappa shape index (κ1) is 12.6. The molecule has 0 amide bonds. The van der Waals surface area contributed by atoms with Gasteiger partial charge in [-0.25, -0.2) is 13.4 Å². The number of aromatic nitrogens is 2. The van der Waals surface area contributed by atoms with Crippen LogP contribution in [0.3, 0.4) is 0 Å². The van der Waals surface area contributed by atoms with Crippen LogP contribution >= 0.6 is 0 Å². The Morgan fingerprint density at radius 2 is 2.06 bits per heavy atom. The van der Waals surface area contributed by atoms with Crippen molar-refractivity contribution in [1.29, 1.82) is 0 Å². The van der Waals surface area contributed by atoms with Crippen molar-refractivity contribution in [2.75, 3.05) is 13.1 Å². The van der Waals surface area contributed by atoms with Crippen molar-refractivity contribution in [1.82, 2.24) is 14.3 Å². The summed E-state index contributed by atoms with van der Waals surface area (Å²) in [6, 6.07) is 0. The van der Waals surface area contributed by atoms with Gasteiger partial charge in [-0.1, -0.05) is 13.8 Å². The number of hydrogen-bond donors (Lipinski definition) is 1. The monoisotopic (exact) mass is 257 g/mol. The fourth-order valence-corrected chi connectivity index (χ4v) is 3.67. The first-order valence-electron chi connectivity index (χ1n) is 6.00. The molecule has 0 saturated carbocycles. The van der Waals surface area contributed by atoms with Crippen LogP contribution in [-0.4, -0.2) is 35.8 Å². The van der Waals surface area contributed by atoms with Crippen molar-refractivity contribution >= 4 is 10.0 Å². The number of nitrogens with one attached hydrogen (secondary N) is 1. The number of H-pyrrole nitrogens is 1. The van der Waals surface area contributed by atoms with Gasteiger partial charge in [-0.3, -0.25) is 0 Å². The summed E-state index contributed by atoms with van der Waals surface area (Å²) in [5.41, 5.74) is 0. The average Bonchev–Trinajstić information content (AvgIpc) is 2.83. The molecule has 17 heavy (non-hydrogen) atoms. The van der Waals surface area contributed by atoms with E-state index in [-0.39, 0.29) is 5.03 Å². The molecule has 0 aromatic carbocycles. The maximum absolute atomic E-state index is 12.2. The number of sulfonamides is 1. The minimum atomic E-state index is -3.35. The predicted octanol–water partition coefficient (Wildman–Crippen LogP) is 1.47. The molecular formula is C11H19N3O2S. The lowest BCUT2D eigenvalue weighted by Gasteiger charge is -2.32. The Morgan fingerprint density at radius 3 is 2.53 bits per heavy atom. The van der Waals surface area contributed by atoms with Gasteiger partial charge in [0.1, 0.15) is 0 Å². The molecule has 1 N–H and O–H groups in total. The predicted molar refractivity (Wildman–Crippen MR) is 64.9 cm³/mol. The second kappa shape index (κ2) is 4.78. The lowest BCUT2D eigenvalue weighted by molar-refractivity contribution is 0.226. The lowest BCUT2D eigenvalue weighted by Crippen LogP contribution is -2.39. The van der Waals surface area contributed by atoms with Crippen LogP contribution in [0.25, 0.3) is 0 Å². The van der Waals surface area contributed by atoms with Gasteiger partial charge in [-0.15, -0.1) is 0 Å². The number of aromatic amines is 1. The first-order chi connectivity index (χ1) is 8.01. The molecule has 0 spiro atoms. The van der Waals surface area contributed by atoms with Crippen LogP contribution in [0.15, 0.2) is 17.6 Å². The van der Waals surface area contributed by atoms with Crippen LogP contribution in [-0.2, 0) is 10.0 Å². The first-order valence-corrected chi connectivity index (χ1v) is 7.44. The fraction of sp³-hybridized carbons (Fsp3) is 0.727. The summed E-state index contributed by atoms with van der Waals surface area (Å²) in [5.74, 6) is 1.27. The van der Waals surface area contributed by atoms with Gasteiger partial charge < -0.3 is 4.98 Å². The van der Waals surface area contributed by atoms with Crippen LogP contribution in [0.4, 0.5) is 0 Å². The number of nitrogens with zero attached hydrogens (tertiary/aromatic N) is 2. The number of hydrogen-bond acceptors (Lipinski definition) is 3. The summed E-state index contributed by atoms with van der Waals surface area (Å²) in [6.45, 7) is 5.63. The molecule has 0 bridgehead atoms. The minimum Gasteiger partial charge on any atom is -0.335 e. The maximum Gasteiger partial charge on any atom is 0.260 e. The van der Waals surface area contributed by atoms with Gasteiger partial charge in [0.2, 0.25) is 0 Å². The highest BCUT2D eigenvalue weighted by Crippen LogP contribution is 2.27. The summed E-state index contributed by atoms with van der Waals surface area (Å²) in [6.07, 6.45) is 4.66. The molecule has 1 aliphatic heterocycles. The lowest BCUT2D eigenvalue weighted by atomic mass is 9.87. The molecule has 0 atom stereocenters. The molecule has 6 heteroatoms. The zero-order chi connectivity index (χ0) is 12.5. The molecule has 0 radical (unpaired) electrons. The second-order valence-electron chi connectivity index (χ2n) is 4.90. The van der Waals surface area contributed by atoms with E-state index in [0.29, 0.717) is 24.9 Å². The van der Waals surface area contributed by atoms with Gasteiger partial charge in [-0.2, -0.15) is 4.31 Å². The smallest absolute Gasteiger partial charge is 0.260 e. The number of imidazole rings is 1. The third-order valence-electron chi connectivity index (χ3n) is 3.53. The highest BCUT2D eigenvalue weighted by molar-refractivity contribution is 7.89. The minimum absolute atomic E-state index is 0.195. The quantitative estimate of drug-likeness (QED) is 0.891. The Hall–Kier alpha value is -0.880. The van der Waals surface area contributed by atoms with E-state index in [9.17, 15) is 8.42 Å². The van der Waals surface area contributed by atoms with E-state index >= 15 is 0 Å². The second-order valence-corrected chi connectivity index (χ2v) is 6.81. The summed E-state index contributed by atoms with van der Waals surface area (Å²) in [5, 5.41) is 0.195. The van der Waals surface area contributed by atoms with Crippen LogP contribution < -0.4 is 0 Å². The SMILES string of the molecule is CC(C)C1CCN(S(=O)(=O)c2cnc[nH]2)CC1. The molecule has 1 aromatic heterocycles. The van der Waals surface area contributed by atoms with E-state index in [1.54, 1.807) is 4.31 Å². The van der Waals surface area contributed by atoms with Crippen molar-refractivity contribution in [3.8, 4) is 0 Å². The highest BCUT2D eigenvalue weighted by Gasteiger charge is 2.30. The van der Waals surface area contributed by atoms with E-state index in [1.165, 1.54) is 12.5 Å². The largest absolute Gasteiger partial charge is 0.335 e. The average molecular weight is 257 g/mol. The van der Waals surface area contributed by atoms with Crippen molar-refractivity contribution in [3.63, 3.8) is 0 Å². The molecule has 0 unspecified atom stereocenters. The third-order valence-corrected chi connectivity index (χ3v) is 5.36. The van der Waals surface area contributed by atoms with Crippen molar-refractivity contribution in [2.24, 2.45) is 11.8 Å². The number of piperidine rings is 1. The molecule has 0 aliphatic carbocycles. The van der Waals surface area contributed by atoms with Gasteiger partial charge in [0.25, 0.3) is 10.0 Å². The van der Waals surface area contributed by atoms with Gasteiger partial charge in [0.15, 0.2) is 5.03 Å². The fourth-order valence-electron chi connectivity index (χ4n) is 2.31. The van der Waals surface area contributed by atoms with Crippen molar-refractivity contribution in [2.45, 2.75) is 31.7 Å². The Bertz CT molecular complexity index is 445. The molecular weight excluding hydrogens is 238 g/mol. The number of rotatable bonds is 3. The molecule has 5 nitrogen and oxygen atoms in total. The van der Waals surface area contributed by atoms with E-state index in [4.69, 9.17) is 0 Å². The van der Waals surface area contributed by atoms with E-state index in [1.807, 2.05) is 0 Å². The van der Waals surface area contributed by atoms with E-state index in [0.717, 1.165) is 12.8 Å². The normalized spacial score (nSPS) is 19.9. The Balaban J connectivity index is 2.07. The van der Waals surface area contributed by atoms with Crippen molar-refractivity contribution in [3.05, 3.63) is 12.5 Å². The van der Waals surface area contributed by atoms with Gasteiger partial charge in [0, 0.05) is 13.1 Å². The molecule has 1 aliphatic rings. The zero-order valence-electron chi connectivity index (χ0n) is 10.3. The van der Waals surface area contributed by atoms with Crippen molar-refractivity contribution < 1.29 is 8.42 Å². The molecule has 96 valence electrons. The summed E-state index contributed by atoms with van der Waals surface area (Å²) in [4.78, 5) is 6.43. The van der Waals surface area contributed by atoms with Crippen LogP contribution in [0.1, 0.15) is 26.7 Å². The molecule has 2 rings (SSSR count). The zero-order valence-corrected chi connectivity index (χ0v) is 11.1. The topological polar surface area (TPSA) is 66.1 Å². The Kier molecular flexibility index (Phi) is 3.53. The maximum atomic E-state index is 12.2. The van der Waals surface area contributed by atoms with Crippen LogP contribution in [0.2, 0.25) is 0 Å². The van der Waals surface area contributed by atoms with Gasteiger partial charge >= 0.3 is 0 Å². The van der Waals surface area contributed by atoms with E-state index < -0.39 is 10.0 Å². The molecule has 1 aromatic rings. The van der Waals surface area contributed by atoms with Crippen LogP contribution in [0, 0.1) is 11.8 Å². The van der Waals surface area contributed by atoms with Gasteiger partial charge in [-0.05, 0) is 24.7 Å². The molecule has 2 heterocycles. The molecule has 1 fully saturated rings. The summed E-state index contributed by atoms with van der Waals surface area (Å²) < 4.78 is 25.9. The van der Waals surface area contributed by atoms with Gasteiger partial charge in [0.05, 0.1) is 12.5 Å². The Labute approximate surface area is 102 Å². The summed E-state index contributed by atoms with van der Waals surface area (Å²) >= 11 is 0. The third kappa shape index (κ3) is 2.52. The molecule has 1 saturated heterocycles. The standard InChI is InChI=1S/C11H19N3O2S/c1-9(2)10-3-5-14(6-4-10)17(15,16)11-7-12-8-13-11/h7-10H,3-6H2,1-2H3,(H,12,13). The Morgan fingerprint density at radius 1 is 1.41 bits per heavy atom. The summed E-state index contributed by atoms with van der Waals surface area (Å²) in [7, 11) is -3.35. The van der Waals surface area contributed by atoms with Crippen LogP contribution in [0.5, 0.6) is 0 Å².